The Kier molecular flexibility index (Phi) is 4.49. The first-order chi connectivity index (χ1) is 10.0. The van der Waals surface area contributed by atoms with E-state index in [-0.39, 0.29) is 23.9 Å². The van der Waals surface area contributed by atoms with Crippen molar-refractivity contribution >= 4 is 5.91 Å². The van der Waals surface area contributed by atoms with Gasteiger partial charge in [-0.05, 0) is 23.8 Å². The highest BCUT2D eigenvalue weighted by Gasteiger charge is 2.12. The largest absolute Gasteiger partial charge is 0.454 e. The highest BCUT2D eigenvalue weighted by Crippen LogP contribution is 2.25. The van der Waals surface area contributed by atoms with Gasteiger partial charge in [0.25, 0.3) is 5.91 Å². The lowest BCUT2D eigenvalue weighted by Crippen LogP contribution is -2.22. The van der Waals surface area contributed by atoms with E-state index >= 15 is 0 Å². The van der Waals surface area contributed by atoms with E-state index in [2.05, 4.69) is 4.98 Å². The summed E-state index contributed by atoms with van der Waals surface area (Å²) < 4.78 is 19.3. The standard InChI is InChI=1S/C15H16FN3O2/c1-19(2)15(20)13-8-11(5-6-18-13)21-14-4-3-10(9-17)7-12(14)16/h3-8H,9,17H2,1-2H3. The minimum absolute atomic E-state index is 0.0710. The fourth-order valence-corrected chi connectivity index (χ4v) is 1.70. The van der Waals surface area contributed by atoms with E-state index in [1.54, 1.807) is 26.2 Å². The number of nitrogens with zero attached hydrogens (tertiary/aromatic N) is 2. The predicted octanol–water partition coefficient (Wildman–Crippen LogP) is 2.17. The van der Waals surface area contributed by atoms with E-state index in [0.29, 0.717) is 11.3 Å². The van der Waals surface area contributed by atoms with E-state index in [9.17, 15) is 9.18 Å². The SMILES string of the molecule is CN(C)C(=O)c1cc(Oc2ccc(CN)cc2F)ccn1. The van der Waals surface area contributed by atoms with Gasteiger partial charge < -0.3 is 15.4 Å². The van der Waals surface area contributed by atoms with Crippen LogP contribution in [0.1, 0.15) is 16.1 Å². The molecule has 0 radical (unpaired) electrons. The molecule has 0 spiro atoms. The zero-order valence-corrected chi connectivity index (χ0v) is 11.8. The number of rotatable bonds is 4. The number of aromatic nitrogens is 1. The Morgan fingerprint density at radius 1 is 1.33 bits per heavy atom. The van der Waals surface area contributed by atoms with Crippen LogP contribution in [-0.2, 0) is 6.54 Å². The molecule has 1 aromatic heterocycles. The highest BCUT2D eigenvalue weighted by atomic mass is 19.1. The molecule has 0 bridgehead atoms. The molecule has 110 valence electrons. The Balaban J connectivity index is 2.24. The summed E-state index contributed by atoms with van der Waals surface area (Å²) in [4.78, 5) is 17.2. The van der Waals surface area contributed by atoms with Crippen LogP contribution in [-0.4, -0.2) is 29.9 Å². The van der Waals surface area contributed by atoms with Gasteiger partial charge in [-0.3, -0.25) is 9.78 Å². The van der Waals surface area contributed by atoms with Crippen molar-refractivity contribution in [2.45, 2.75) is 6.54 Å². The molecule has 2 aromatic rings. The first-order valence-corrected chi connectivity index (χ1v) is 6.35. The minimum Gasteiger partial charge on any atom is -0.454 e. The number of hydrogen-bond acceptors (Lipinski definition) is 4. The fourth-order valence-electron chi connectivity index (χ4n) is 1.70. The average Bonchev–Trinajstić information content (AvgIpc) is 2.48. The summed E-state index contributed by atoms with van der Waals surface area (Å²) in [6.07, 6.45) is 1.44. The summed E-state index contributed by atoms with van der Waals surface area (Å²) in [5.74, 6) is -0.342. The minimum atomic E-state index is -0.504. The lowest BCUT2D eigenvalue weighted by Gasteiger charge is -2.11. The number of nitrogens with two attached hydrogens (primary N) is 1. The second kappa shape index (κ2) is 6.32. The quantitative estimate of drug-likeness (QED) is 0.936. The van der Waals surface area contributed by atoms with Gasteiger partial charge in [-0.2, -0.15) is 0 Å². The molecule has 1 amide bonds. The summed E-state index contributed by atoms with van der Waals surface area (Å²) in [5.41, 5.74) is 6.36. The monoisotopic (exact) mass is 289 g/mol. The van der Waals surface area contributed by atoms with Crippen molar-refractivity contribution < 1.29 is 13.9 Å². The zero-order valence-electron chi connectivity index (χ0n) is 11.8. The maximum atomic E-state index is 13.8. The molecule has 2 N–H and O–H groups in total. The average molecular weight is 289 g/mol. The van der Waals surface area contributed by atoms with E-state index < -0.39 is 5.82 Å². The molecule has 0 aliphatic carbocycles. The maximum Gasteiger partial charge on any atom is 0.272 e. The molecule has 5 nitrogen and oxygen atoms in total. The van der Waals surface area contributed by atoms with Gasteiger partial charge in [-0.15, -0.1) is 0 Å². The number of carbonyl (C=O) groups is 1. The van der Waals surface area contributed by atoms with Gasteiger partial charge in [-0.1, -0.05) is 6.07 Å². The van der Waals surface area contributed by atoms with Crippen LogP contribution in [0.3, 0.4) is 0 Å². The van der Waals surface area contributed by atoms with Gasteiger partial charge in [0.15, 0.2) is 11.6 Å². The van der Waals surface area contributed by atoms with Crippen LogP contribution in [0.25, 0.3) is 0 Å². The molecule has 6 heteroatoms. The summed E-state index contributed by atoms with van der Waals surface area (Å²) >= 11 is 0. The predicted molar refractivity (Wildman–Crippen MR) is 76.6 cm³/mol. The molecular formula is C15H16FN3O2. The van der Waals surface area contributed by atoms with Gasteiger partial charge in [-0.25, -0.2) is 4.39 Å². The van der Waals surface area contributed by atoms with Crippen molar-refractivity contribution in [3.63, 3.8) is 0 Å². The molecule has 0 aliphatic heterocycles. The van der Waals surface area contributed by atoms with Crippen LogP contribution in [0.5, 0.6) is 11.5 Å². The molecule has 0 saturated carbocycles. The lowest BCUT2D eigenvalue weighted by molar-refractivity contribution is 0.0821. The fraction of sp³-hybridized carbons (Fsp3) is 0.200. The van der Waals surface area contributed by atoms with E-state index in [4.69, 9.17) is 10.5 Å². The highest BCUT2D eigenvalue weighted by molar-refractivity contribution is 5.92. The van der Waals surface area contributed by atoms with Crippen molar-refractivity contribution in [1.29, 1.82) is 0 Å². The van der Waals surface area contributed by atoms with Gasteiger partial charge in [0.2, 0.25) is 0 Å². The van der Waals surface area contributed by atoms with Crippen molar-refractivity contribution in [2.75, 3.05) is 14.1 Å². The van der Waals surface area contributed by atoms with Crippen LogP contribution in [0.2, 0.25) is 0 Å². The number of halogens is 1. The summed E-state index contributed by atoms with van der Waals surface area (Å²) in [5, 5.41) is 0. The van der Waals surface area contributed by atoms with E-state index in [1.165, 1.54) is 29.3 Å². The normalized spacial score (nSPS) is 10.3. The van der Waals surface area contributed by atoms with Crippen molar-refractivity contribution in [2.24, 2.45) is 5.73 Å². The lowest BCUT2D eigenvalue weighted by atomic mass is 10.2. The van der Waals surface area contributed by atoms with Crippen molar-refractivity contribution in [3.8, 4) is 11.5 Å². The van der Waals surface area contributed by atoms with Gasteiger partial charge >= 0.3 is 0 Å². The molecule has 2 rings (SSSR count). The second-order valence-corrected chi connectivity index (χ2v) is 4.65. The molecule has 0 fully saturated rings. The van der Waals surface area contributed by atoms with Crippen molar-refractivity contribution in [3.05, 3.63) is 53.6 Å². The van der Waals surface area contributed by atoms with Crippen LogP contribution in [0.4, 0.5) is 4.39 Å². The number of carbonyl (C=O) groups excluding carboxylic acids is 1. The topological polar surface area (TPSA) is 68.5 Å². The molecule has 0 atom stereocenters. The Morgan fingerprint density at radius 2 is 2.10 bits per heavy atom. The summed E-state index contributed by atoms with van der Waals surface area (Å²) in [7, 11) is 3.26. The zero-order chi connectivity index (χ0) is 15.4. The smallest absolute Gasteiger partial charge is 0.272 e. The number of hydrogen-bond donors (Lipinski definition) is 1. The molecule has 1 aromatic carbocycles. The Hall–Kier alpha value is -2.47. The van der Waals surface area contributed by atoms with Gasteiger partial charge in [0.05, 0.1) is 0 Å². The first-order valence-electron chi connectivity index (χ1n) is 6.35. The van der Waals surface area contributed by atoms with Gasteiger partial charge in [0, 0.05) is 32.9 Å². The van der Waals surface area contributed by atoms with Crippen LogP contribution in [0.15, 0.2) is 36.5 Å². The molecule has 1 heterocycles. The molecule has 0 saturated heterocycles. The second-order valence-electron chi connectivity index (χ2n) is 4.65. The Bertz CT molecular complexity index is 659. The van der Waals surface area contributed by atoms with Crippen molar-refractivity contribution in [1.82, 2.24) is 9.88 Å². The third kappa shape index (κ3) is 3.55. The third-order valence-electron chi connectivity index (χ3n) is 2.82. The molecular weight excluding hydrogens is 273 g/mol. The first kappa shape index (κ1) is 14.9. The van der Waals surface area contributed by atoms with Crippen LogP contribution in [0, 0.1) is 5.82 Å². The summed E-state index contributed by atoms with van der Waals surface area (Å²) in [6.45, 7) is 0.258. The number of benzene rings is 1. The Labute approximate surface area is 122 Å². The van der Waals surface area contributed by atoms with Crippen LogP contribution >= 0.6 is 0 Å². The molecule has 0 unspecified atom stereocenters. The summed E-state index contributed by atoms with van der Waals surface area (Å²) in [6, 6.07) is 7.54. The maximum absolute atomic E-state index is 13.8. The van der Waals surface area contributed by atoms with E-state index in [1.807, 2.05) is 0 Å². The number of amides is 1. The molecule has 21 heavy (non-hydrogen) atoms. The number of ether oxygens (including phenoxy) is 1. The molecule has 0 aliphatic rings. The van der Waals surface area contributed by atoms with E-state index in [0.717, 1.165) is 0 Å². The Morgan fingerprint density at radius 3 is 2.71 bits per heavy atom. The number of pyridine rings is 1. The van der Waals surface area contributed by atoms with Gasteiger partial charge in [0.1, 0.15) is 11.4 Å². The van der Waals surface area contributed by atoms with Crippen LogP contribution < -0.4 is 10.5 Å². The third-order valence-corrected chi connectivity index (χ3v) is 2.82.